The van der Waals surface area contributed by atoms with Crippen LogP contribution in [-0.2, 0) is 22.7 Å². The molecule has 10 rings (SSSR count). The minimum Gasteiger partial charge on any atom is -0.396 e. The minimum absolute atomic E-state index is 0.0346. The number of thioether (sulfide) groups is 2. The molecule has 0 aromatic heterocycles. The molecule has 10 heteroatoms. The fraction of sp³-hybridized carbons (Fsp3) is 0.292. The molecule has 2 aliphatic heterocycles. The maximum absolute atomic E-state index is 12.9. The van der Waals surface area contributed by atoms with Crippen molar-refractivity contribution in [2.45, 2.75) is 61.7 Å². The van der Waals surface area contributed by atoms with Crippen molar-refractivity contribution in [2.24, 2.45) is 0 Å². The molecule has 0 bridgehead atoms. The SMILES string of the molecule is CC1(O)C(SCCO)CC(=O)N1Cc1cc2ccc3cccc4ccc(c1)c2c34.CC1(O)CC(SCCO)C(=O)N1Cc1cc2ccc3cccc4ccc(c1)c2c34. The Morgan fingerprint density at radius 1 is 0.586 bits per heavy atom. The average molecular weight is 811 g/mol. The van der Waals surface area contributed by atoms with Crippen molar-refractivity contribution < 1.29 is 30.0 Å². The topological polar surface area (TPSA) is 122 Å². The van der Waals surface area contributed by atoms with Crippen LogP contribution in [0, 0.1) is 0 Å². The van der Waals surface area contributed by atoms with Gasteiger partial charge in [0, 0.05) is 37.4 Å². The Balaban J connectivity index is 0.000000150. The lowest BCUT2D eigenvalue weighted by molar-refractivity contribution is -0.144. The maximum Gasteiger partial charge on any atom is 0.238 e. The number of carbonyl (C=O) groups is 2. The number of rotatable bonds is 10. The Labute approximate surface area is 345 Å². The van der Waals surface area contributed by atoms with Crippen LogP contribution in [0.3, 0.4) is 0 Å². The molecule has 0 radical (unpaired) electrons. The van der Waals surface area contributed by atoms with E-state index >= 15 is 0 Å². The largest absolute Gasteiger partial charge is 0.396 e. The molecule has 0 aliphatic carbocycles. The van der Waals surface area contributed by atoms with E-state index in [4.69, 9.17) is 10.2 Å². The van der Waals surface area contributed by atoms with Crippen molar-refractivity contribution in [3.05, 3.63) is 120 Å². The van der Waals surface area contributed by atoms with E-state index in [-0.39, 0.29) is 35.5 Å². The van der Waals surface area contributed by atoms with Crippen LogP contribution in [0.1, 0.15) is 37.8 Å². The molecule has 8 nitrogen and oxygen atoms in total. The molecule has 2 saturated heterocycles. The molecule has 2 fully saturated rings. The highest BCUT2D eigenvalue weighted by molar-refractivity contribution is 8.00. The van der Waals surface area contributed by atoms with Gasteiger partial charge < -0.3 is 30.2 Å². The highest BCUT2D eigenvalue weighted by Gasteiger charge is 2.49. The summed E-state index contributed by atoms with van der Waals surface area (Å²) in [7, 11) is 0. The van der Waals surface area contributed by atoms with Crippen LogP contribution < -0.4 is 0 Å². The van der Waals surface area contributed by atoms with Gasteiger partial charge in [-0.3, -0.25) is 9.59 Å². The van der Waals surface area contributed by atoms with Crippen molar-refractivity contribution in [3.8, 4) is 0 Å². The Hall–Kier alpha value is -4.68. The molecule has 8 aromatic rings. The van der Waals surface area contributed by atoms with E-state index in [1.165, 1.54) is 66.6 Å². The molecular weight excluding hydrogens is 765 g/mol. The van der Waals surface area contributed by atoms with E-state index in [1.807, 2.05) is 0 Å². The van der Waals surface area contributed by atoms with Gasteiger partial charge in [0.25, 0.3) is 0 Å². The number of aliphatic hydroxyl groups excluding tert-OH is 2. The van der Waals surface area contributed by atoms with E-state index in [9.17, 15) is 19.8 Å². The Kier molecular flexibility index (Phi) is 10.2. The second kappa shape index (κ2) is 15.2. The first-order valence-electron chi connectivity index (χ1n) is 19.8. The molecule has 4 atom stereocenters. The molecule has 0 spiro atoms. The van der Waals surface area contributed by atoms with E-state index in [0.717, 1.165) is 32.7 Å². The number of likely N-dealkylation sites (tertiary alicyclic amines) is 2. The zero-order chi connectivity index (χ0) is 40.3. The highest BCUT2D eigenvalue weighted by Crippen LogP contribution is 2.41. The zero-order valence-corrected chi connectivity index (χ0v) is 34.2. The van der Waals surface area contributed by atoms with Crippen molar-refractivity contribution in [1.29, 1.82) is 0 Å². The summed E-state index contributed by atoms with van der Waals surface area (Å²) in [6.07, 6.45) is 0.677. The second-order valence-corrected chi connectivity index (χ2v) is 18.7. The number of carbonyl (C=O) groups excluding carboxylic acids is 2. The Morgan fingerprint density at radius 2 is 0.983 bits per heavy atom. The van der Waals surface area contributed by atoms with Gasteiger partial charge in [0.15, 0.2) is 0 Å². The molecule has 8 aromatic carbocycles. The molecule has 2 aliphatic rings. The molecule has 296 valence electrons. The number of benzene rings is 8. The first-order valence-corrected chi connectivity index (χ1v) is 21.9. The lowest BCUT2D eigenvalue weighted by Gasteiger charge is -2.34. The fourth-order valence-electron chi connectivity index (χ4n) is 9.27. The molecule has 4 unspecified atom stereocenters. The van der Waals surface area contributed by atoms with Crippen molar-refractivity contribution >= 4 is 100.0 Å². The number of hydrogen-bond acceptors (Lipinski definition) is 8. The van der Waals surface area contributed by atoms with Gasteiger partial charge in [0.05, 0.1) is 23.7 Å². The second-order valence-electron chi connectivity index (χ2n) is 16.0. The van der Waals surface area contributed by atoms with Crippen LogP contribution in [0.2, 0.25) is 0 Å². The monoisotopic (exact) mass is 810 g/mol. The predicted molar refractivity (Wildman–Crippen MR) is 239 cm³/mol. The number of nitrogens with zero attached hydrogens (tertiary/aromatic N) is 2. The minimum atomic E-state index is -1.23. The summed E-state index contributed by atoms with van der Waals surface area (Å²) in [6.45, 7) is 4.23. The average Bonchev–Trinajstić information content (AvgIpc) is 3.57. The van der Waals surface area contributed by atoms with Gasteiger partial charge in [-0.25, -0.2) is 0 Å². The quantitative estimate of drug-likeness (QED) is 0.102. The smallest absolute Gasteiger partial charge is 0.238 e. The number of aliphatic hydroxyl groups is 4. The van der Waals surface area contributed by atoms with Crippen LogP contribution in [0.25, 0.3) is 64.6 Å². The lowest BCUT2D eigenvalue weighted by Crippen LogP contribution is -2.47. The van der Waals surface area contributed by atoms with Gasteiger partial charge in [-0.15, -0.1) is 11.8 Å². The summed E-state index contributed by atoms with van der Waals surface area (Å²) in [5, 5.41) is 54.1. The predicted octanol–water partition coefficient (Wildman–Crippen LogP) is 8.24. The van der Waals surface area contributed by atoms with Crippen LogP contribution in [0.5, 0.6) is 0 Å². The first kappa shape index (κ1) is 38.8. The van der Waals surface area contributed by atoms with Crippen molar-refractivity contribution in [3.63, 3.8) is 0 Å². The fourth-order valence-corrected chi connectivity index (χ4v) is 11.5. The Morgan fingerprint density at radius 3 is 1.43 bits per heavy atom. The van der Waals surface area contributed by atoms with Crippen LogP contribution >= 0.6 is 23.5 Å². The van der Waals surface area contributed by atoms with Gasteiger partial charge >= 0.3 is 0 Å². The van der Waals surface area contributed by atoms with Crippen LogP contribution in [-0.4, -0.2) is 88.7 Å². The van der Waals surface area contributed by atoms with E-state index in [1.54, 1.807) is 23.6 Å². The van der Waals surface area contributed by atoms with Gasteiger partial charge in [0.2, 0.25) is 11.8 Å². The number of hydrogen-bond donors (Lipinski definition) is 4. The van der Waals surface area contributed by atoms with Gasteiger partial charge in [-0.1, -0.05) is 84.9 Å². The molecule has 58 heavy (non-hydrogen) atoms. The maximum atomic E-state index is 12.9. The summed E-state index contributed by atoms with van der Waals surface area (Å²) < 4.78 is 0. The van der Waals surface area contributed by atoms with Gasteiger partial charge in [-0.05, 0) is 114 Å². The first-order chi connectivity index (χ1) is 28.0. The number of amides is 2. The summed E-state index contributed by atoms with van der Waals surface area (Å²) in [5.74, 6) is 0.914. The molecular formula is C48H46N2O6S2. The van der Waals surface area contributed by atoms with Crippen molar-refractivity contribution in [2.75, 3.05) is 24.7 Å². The third kappa shape index (κ3) is 6.79. The molecule has 2 amide bonds. The van der Waals surface area contributed by atoms with E-state index in [0.29, 0.717) is 37.4 Å². The van der Waals surface area contributed by atoms with Gasteiger partial charge in [-0.2, -0.15) is 11.8 Å². The third-order valence-electron chi connectivity index (χ3n) is 12.1. The van der Waals surface area contributed by atoms with Crippen LogP contribution in [0.15, 0.2) is 109 Å². The summed E-state index contributed by atoms with van der Waals surface area (Å²) in [5.41, 5.74) is -0.382. The van der Waals surface area contributed by atoms with Gasteiger partial charge in [0.1, 0.15) is 11.4 Å². The summed E-state index contributed by atoms with van der Waals surface area (Å²) in [4.78, 5) is 28.7. The van der Waals surface area contributed by atoms with Crippen molar-refractivity contribution in [1.82, 2.24) is 9.80 Å². The summed E-state index contributed by atoms with van der Waals surface area (Å²) in [6, 6.07) is 38.4. The normalized spacial score (nSPS) is 22.5. The Bertz CT molecular complexity index is 2550. The standard InChI is InChI=1S/2C24H23NO3S/c1-24(28)13-20(29-10-9-26)23(27)25(24)14-15-11-18-7-5-16-3-2-4-17-6-8-19(12-15)22(18)21(16)17;1-24(28)20(29-10-9-26)13-21(27)25(24)14-15-11-18-7-5-16-3-2-4-17-6-8-19(12-15)23(18)22(16)17/h2*2-8,11-12,20,26,28H,9-10,13-14H2,1H3. The van der Waals surface area contributed by atoms with Crippen LogP contribution in [0.4, 0.5) is 0 Å². The third-order valence-corrected chi connectivity index (χ3v) is 14.7. The highest BCUT2D eigenvalue weighted by atomic mass is 32.2. The molecule has 4 N–H and O–H groups in total. The molecule has 2 heterocycles. The van der Waals surface area contributed by atoms with E-state index in [2.05, 4.69) is 109 Å². The zero-order valence-electron chi connectivity index (χ0n) is 32.5. The lowest BCUT2D eigenvalue weighted by atomic mass is 9.93. The van der Waals surface area contributed by atoms with E-state index < -0.39 is 11.4 Å². The molecule has 0 saturated carbocycles. The summed E-state index contributed by atoms with van der Waals surface area (Å²) >= 11 is 2.87.